The van der Waals surface area contributed by atoms with Gasteiger partial charge in [0.1, 0.15) is 48.8 Å². The van der Waals surface area contributed by atoms with Gasteiger partial charge in [-0.25, -0.2) is 0 Å². The van der Waals surface area contributed by atoms with Gasteiger partial charge >= 0.3 is 11.9 Å². The molecule has 0 bridgehead atoms. The molecule has 0 aliphatic carbocycles. The normalized spacial score (nSPS) is 14.5. The molecular formula is C50H102O17. The minimum absolute atomic E-state index is 0. The van der Waals surface area contributed by atoms with Gasteiger partial charge < -0.3 is 77.0 Å². The summed E-state index contributed by atoms with van der Waals surface area (Å²) in [7, 11) is 0. The quantitative estimate of drug-likeness (QED) is 0.0283. The van der Waals surface area contributed by atoms with Crippen molar-refractivity contribution in [2.45, 2.75) is 242 Å². The molecule has 0 aromatic carbocycles. The lowest BCUT2D eigenvalue weighted by Crippen LogP contribution is -2.46. The van der Waals surface area contributed by atoms with Crippen molar-refractivity contribution in [1.82, 2.24) is 0 Å². The molecule has 0 saturated carbocycles. The number of aliphatic carboxylic acids is 2. The van der Waals surface area contributed by atoms with E-state index in [9.17, 15) is 9.59 Å². The zero-order valence-electron chi connectivity index (χ0n) is 41.5. The van der Waals surface area contributed by atoms with Crippen LogP contribution in [0.3, 0.4) is 0 Å². The third kappa shape index (κ3) is 59.7. The summed E-state index contributed by atoms with van der Waals surface area (Å²) in [6, 6.07) is 0. The summed E-state index contributed by atoms with van der Waals surface area (Å²) in [6.45, 7) is 7.61. The summed E-state index contributed by atoms with van der Waals surface area (Å²) < 4.78 is 0. The molecule has 16 N–H and O–H groups in total. The second-order valence-electron chi connectivity index (χ2n) is 16.4. The first-order valence-electron chi connectivity index (χ1n) is 24.7. The van der Waals surface area contributed by atoms with Crippen LogP contribution >= 0.6 is 0 Å². The molecule has 0 fully saturated rings. The average molecular weight is 975 g/mol. The molecule has 404 valence electrons. The number of hydrogen-bond donors (Lipinski definition) is 14. The first-order chi connectivity index (χ1) is 31.6. The summed E-state index contributed by atoms with van der Waals surface area (Å²) in [5.74, 6) is -1.33. The Kier molecular flexibility index (Phi) is 70.1. The van der Waals surface area contributed by atoms with Gasteiger partial charge in [0.15, 0.2) is 0 Å². The molecule has 0 spiro atoms. The van der Waals surface area contributed by atoms with E-state index in [0.717, 1.165) is 25.7 Å². The standard InChI is InChI=1S/2C18H34O2.2C6H14O6.C2H4.H2O/c2*1-2-3-4-5-6-7-8-9-10-11-12-13-14-15-16-17-18(19)20;2*7-1-3(9)5(11)6(12)4(10)2-8;1-2;/h2*9-10H,2-8,11-17H2,1H3,(H,19,20);2*3-12H,1-2H2;1-2H2;1H2/b2*10-9-;;;;. The third-order valence-corrected chi connectivity index (χ3v) is 10.3. The van der Waals surface area contributed by atoms with E-state index < -0.39 is 87.2 Å². The number of rotatable bonds is 40. The molecular weight excluding hydrogens is 873 g/mol. The summed E-state index contributed by atoms with van der Waals surface area (Å²) in [5.41, 5.74) is 0. The van der Waals surface area contributed by atoms with Gasteiger partial charge in [-0.1, -0.05) is 141 Å². The zero-order chi connectivity index (χ0) is 51.2. The summed E-state index contributed by atoms with van der Waals surface area (Å²) >= 11 is 0. The molecule has 17 nitrogen and oxygen atoms in total. The van der Waals surface area contributed by atoms with E-state index in [1.807, 2.05) is 0 Å². The van der Waals surface area contributed by atoms with E-state index in [1.165, 1.54) is 141 Å². The number of unbranched alkanes of at least 4 members (excludes halogenated alkanes) is 22. The van der Waals surface area contributed by atoms with Crippen LogP contribution in [-0.2, 0) is 9.59 Å². The molecule has 67 heavy (non-hydrogen) atoms. The van der Waals surface area contributed by atoms with Crippen molar-refractivity contribution < 1.29 is 86.6 Å². The van der Waals surface area contributed by atoms with Gasteiger partial charge in [-0.05, 0) is 64.2 Å². The van der Waals surface area contributed by atoms with E-state index in [2.05, 4.69) is 51.3 Å². The maximum Gasteiger partial charge on any atom is 0.303 e. The number of aliphatic hydroxyl groups excluding tert-OH is 12. The van der Waals surface area contributed by atoms with Gasteiger partial charge in [0.05, 0.1) is 26.4 Å². The largest absolute Gasteiger partial charge is 0.481 e. The van der Waals surface area contributed by atoms with Gasteiger partial charge in [0.25, 0.3) is 0 Å². The maximum absolute atomic E-state index is 10.3. The molecule has 0 heterocycles. The second kappa shape index (κ2) is 61.7. The molecule has 17 heteroatoms. The fourth-order valence-electron chi connectivity index (χ4n) is 6.04. The first-order valence-corrected chi connectivity index (χ1v) is 24.7. The van der Waals surface area contributed by atoms with Crippen molar-refractivity contribution in [3.05, 3.63) is 37.5 Å². The Morgan fingerprint density at radius 3 is 0.716 bits per heavy atom. The monoisotopic (exact) mass is 975 g/mol. The van der Waals surface area contributed by atoms with Crippen molar-refractivity contribution in [3.63, 3.8) is 0 Å². The first kappa shape index (κ1) is 76.1. The van der Waals surface area contributed by atoms with Crippen LogP contribution in [0.15, 0.2) is 37.5 Å². The highest BCUT2D eigenvalue weighted by Crippen LogP contribution is 2.12. The molecule has 0 aromatic rings. The highest BCUT2D eigenvalue weighted by atomic mass is 16.4. The van der Waals surface area contributed by atoms with Gasteiger partial charge in [0, 0.05) is 12.8 Å². The Morgan fingerprint density at radius 1 is 0.358 bits per heavy atom. The fourth-order valence-corrected chi connectivity index (χ4v) is 6.04. The maximum atomic E-state index is 10.3. The van der Waals surface area contributed by atoms with Crippen molar-refractivity contribution in [2.75, 3.05) is 26.4 Å². The molecule has 0 radical (unpaired) electrons. The molecule has 0 amide bonds. The second-order valence-corrected chi connectivity index (χ2v) is 16.4. The lowest BCUT2D eigenvalue weighted by molar-refractivity contribution is -0.138. The van der Waals surface area contributed by atoms with Gasteiger partial charge in [0.2, 0.25) is 0 Å². The Labute approximate surface area is 403 Å². The summed E-state index contributed by atoms with van der Waals surface area (Å²) in [4.78, 5) is 20.6. The predicted molar refractivity (Wildman–Crippen MR) is 265 cm³/mol. The number of carbonyl (C=O) groups is 2. The third-order valence-electron chi connectivity index (χ3n) is 10.3. The number of allylic oxidation sites excluding steroid dienone is 4. The number of carboxylic acids is 2. The molecule has 0 saturated heterocycles. The van der Waals surface area contributed by atoms with E-state index in [0.29, 0.717) is 12.8 Å². The van der Waals surface area contributed by atoms with Crippen molar-refractivity contribution in [2.24, 2.45) is 0 Å². The highest BCUT2D eigenvalue weighted by Gasteiger charge is 2.30. The van der Waals surface area contributed by atoms with E-state index >= 15 is 0 Å². The lowest BCUT2D eigenvalue weighted by Gasteiger charge is -2.24. The van der Waals surface area contributed by atoms with Crippen LogP contribution in [0.4, 0.5) is 0 Å². The topological polar surface area (TPSA) is 349 Å². The van der Waals surface area contributed by atoms with Crippen LogP contribution in [0, 0.1) is 0 Å². The van der Waals surface area contributed by atoms with Crippen molar-refractivity contribution in [3.8, 4) is 0 Å². The zero-order valence-corrected chi connectivity index (χ0v) is 41.5. The van der Waals surface area contributed by atoms with Crippen molar-refractivity contribution in [1.29, 1.82) is 0 Å². The molecule has 8 atom stereocenters. The van der Waals surface area contributed by atoms with Gasteiger partial charge in [-0.15, -0.1) is 13.2 Å². The van der Waals surface area contributed by atoms with Crippen LogP contribution in [0.2, 0.25) is 0 Å². The van der Waals surface area contributed by atoms with Crippen LogP contribution in [0.25, 0.3) is 0 Å². The van der Waals surface area contributed by atoms with E-state index in [4.69, 9.17) is 71.5 Å². The van der Waals surface area contributed by atoms with Crippen LogP contribution in [0.5, 0.6) is 0 Å². The molecule has 8 unspecified atom stereocenters. The molecule has 0 aliphatic rings. The molecule has 0 aromatic heterocycles. The number of hydrogen-bond acceptors (Lipinski definition) is 14. The average Bonchev–Trinajstić information content (AvgIpc) is 3.32. The summed E-state index contributed by atoms with van der Waals surface area (Å²) in [6.07, 6.45) is 29.7. The number of aliphatic hydroxyl groups is 12. The Bertz CT molecular complexity index is 929. The molecule has 0 rings (SSSR count). The van der Waals surface area contributed by atoms with Crippen molar-refractivity contribution >= 4 is 11.9 Å². The van der Waals surface area contributed by atoms with E-state index in [-0.39, 0.29) is 5.48 Å². The fraction of sp³-hybridized carbons (Fsp3) is 0.840. The van der Waals surface area contributed by atoms with Gasteiger partial charge in [-0.3, -0.25) is 9.59 Å². The lowest BCUT2D eigenvalue weighted by atomic mass is 10.0. The Morgan fingerprint density at radius 2 is 0.537 bits per heavy atom. The SMILES string of the molecule is C=C.CCCCCCCC/C=C\CCCCCCCC(=O)O.CCCCCCCC/C=C\CCCCCCCC(=O)O.O.OCC(O)C(O)C(O)C(O)CO.OCC(O)C(O)C(O)C(O)CO. The minimum atomic E-state index is -1.67. The smallest absolute Gasteiger partial charge is 0.303 e. The Balaban J connectivity index is -0.000000187. The molecule has 0 aliphatic heterocycles. The summed E-state index contributed by atoms with van der Waals surface area (Å²) in [5, 5.41) is 121. The van der Waals surface area contributed by atoms with E-state index in [1.54, 1.807) is 0 Å². The van der Waals surface area contributed by atoms with Crippen LogP contribution in [-0.4, -0.2) is 164 Å². The Hall–Kier alpha value is -2.36. The van der Waals surface area contributed by atoms with Gasteiger partial charge in [-0.2, -0.15) is 0 Å². The highest BCUT2D eigenvalue weighted by molar-refractivity contribution is 5.66. The predicted octanol–water partition coefficient (Wildman–Crippen LogP) is 5.02. The van der Waals surface area contributed by atoms with Crippen LogP contribution in [0.1, 0.15) is 194 Å². The van der Waals surface area contributed by atoms with Crippen LogP contribution < -0.4 is 0 Å². The minimum Gasteiger partial charge on any atom is -0.481 e. The number of carboxylic acid groups (broad SMARTS) is 2.